The first-order valence-corrected chi connectivity index (χ1v) is 11.0. The molecule has 0 radical (unpaired) electrons. The van der Waals surface area contributed by atoms with Crippen molar-refractivity contribution in [2.75, 3.05) is 26.2 Å². The highest BCUT2D eigenvalue weighted by molar-refractivity contribution is 5.89. The van der Waals surface area contributed by atoms with Crippen LogP contribution in [0.25, 0.3) is 0 Å². The van der Waals surface area contributed by atoms with E-state index in [0.717, 1.165) is 31.5 Å². The molecule has 1 aromatic heterocycles. The predicted octanol–water partition coefficient (Wildman–Crippen LogP) is 2.33. The molecule has 0 unspecified atom stereocenters. The van der Waals surface area contributed by atoms with E-state index in [9.17, 15) is 19.5 Å². The van der Waals surface area contributed by atoms with Gasteiger partial charge in [0.25, 0.3) is 5.56 Å². The number of amides is 1. The molecule has 2 aliphatic rings. The second kappa shape index (κ2) is 9.06. The minimum Gasteiger partial charge on any atom is -0.477 e. The first-order chi connectivity index (χ1) is 14.9. The van der Waals surface area contributed by atoms with E-state index < -0.39 is 11.5 Å². The zero-order valence-corrected chi connectivity index (χ0v) is 17.9. The average molecular weight is 424 g/mol. The first-order valence-electron chi connectivity index (χ1n) is 11.0. The number of fused-ring (bicyclic) bond motifs is 1. The molecule has 3 heterocycles. The van der Waals surface area contributed by atoms with E-state index in [4.69, 9.17) is 0 Å². The molecule has 31 heavy (non-hydrogen) atoms. The van der Waals surface area contributed by atoms with Gasteiger partial charge in [-0.3, -0.25) is 9.59 Å². The van der Waals surface area contributed by atoms with E-state index in [2.05, 4.69) is 29.2 Å². The number of aromatic carboxylic acids is 1. The Bertz CT molecular complexity index is 1020. The Kier molecular flexibility index (Phi) is 6.23. The molecule has 7 heteroatoms. The van der Waals surface area contributed by atoms with Crippen molar-refractivity contribution >= 4 is 11.9 Å². The Hall–Kier alpha value is -2.93. The maximum absolute atomic E-state index is 12.9. The molecule has 0 atom stereocenters. The standard InChI is InChI=1S/C24H29N3O4/c1-17(28)26-12-9-21-20(15-26)16-27(23(29)22(21)24(30)31)14-13-25-10-7-19(8-11-25)18-5-3-2-4-6-18/h2-6,16,19H,7-15H2,1H3,(H,30,31). The van der Waals surface area contributed by atoms with Crippen LogP contribution in [-0.4, -0.2) is 57.5 Å². The zero-order chi connectivity index (χ0) is 22.0. The molecule has 0 aliphatic carbocycles. The number of benzene rings is 1. The van der Waals surface area contributed by atoms with Gasteiger partial charge in [0.15, 0.2) is 0 Å². The number of pyridine rings is 1. The molecule has 4 rings (SSSR count). The number of hydrogen-bond acceptors (Lipinski definition) is 4. The van der Waals surface area contributed by atoms with Gasteiger partial charge in [-0.05, 0) is 55.0 Å². The van der Waals surface area contributed by atoms with Crippen LogP contribution < -0.4 is 5.56 Å². The summed E-state index contributed by atoms with van der Waals surface area (Å²) in [7, 11) is 0. The molecule has 164 valence electrons. The lowest BCUT2D eigenvalue weighted by Gasteiger charge is -2.33. The molecule has 2 aromatic rings. The number of rotatable bonds is 5. The maximum Gasteiger partial charge on any atom is 0.341 e. The van der Waals surface area contributed by atoms with Crippen LogP contribution in [0, 0.1) is 0 Å². The first kappa shape index (κ1) is 21.3. The number of hydrogen-bond donors (Lipinski definition) is 1. The van der Waals surface area contributed by atoms with Gasteiger partial charge in [0.2, 0.25) is 5.91 Å². The molecular weight excluding hydrogens is 394 g/mol. The van der Waals surface area contributed by atoms with Gasteiger partial charge in [-0.25, -0.2) is 4.79 Å². The summed E-state index contributed by atoms with van der Waals surface area (Å²) < 4.78 is 1.52. The topological polar surface area (TPSA) is 82.9 Å². The maximum atomic E-state index is 12.9. The normalized spacial score (nSPS) is 17.4. The average Bonchev–Trinajstić information content (AvgIpc) is 2.78. The van der Waals surface area contributed by atoms with Crippen LogP contribution in [0.2, 0.25) is 0 Å². The van der Waals surface area contributed by atoms with Crippen LogP contribution in [0.1, 0.15) is 52.7 Å². The lowest BCUT2D eigenvalue weighted by atomic mass is 9.89. The molecule has 1 fully saturated rings. The lowest BCUT2D eigenvalue weighted by Crippen LogP contribution is -2.40. The van der Waals surface area contributed by atoms with E-state index in [-0.39, 0.29) is 11.5 Å². The van der Waals surface area contributed by atoms with Crippen LogP contribution in [0.3, 0.4) is 0 Å². The second-order valence-corrected chi connectivity index (χ2v) is 8.53. The Balaban J connectivity index is 1.46. The smallest absolute Gasteiger partial charge is 0.341 e. The molecule has 0 spiro atoms. The molecule has 1 aromatic carbocycles. The summed E-state index contributed by atoms with van der Waals surface area (Å²) in [4.78, 5) is 40.5. The third-order valence-corrected chi connectivity index (χ3v) is 6.64. The number of carbonyl (C=O) groups is 2. The highest BCUT2D eigenvalue weighted by Gasteiger charge is 2.27. The molecule has 1 amide bonds. The summed E-state index contributed by atoms with van der Waals surface area (Å²) in [5.41, 5.74) is 2.15. The van der Waals surface area contributed by atoms with Crippen molar-refractivity contribution in [2.45, 2.75) is 45.2 Å². The summed E-state index contributed by atoms with van der Waals surface area (Å²) in [6.07, 6.45) is 4.32. The van der Waals surface area contributed by atoms with Crippen LogP contribution in [0.15, 0.2) is 41.3 Å². The minimum absolute atomic E-state index is 0.0402. The number of carboxylic acid groups (broad SMARTS) is 1. The highest BCUT2D eigenvalue weighted by atomic mass is 16.4. The van der Waals surface area contributed by atoms with Crippen molar-refractivity contribution in [3.63, 3.8) is 0 Å². The summed E-state index contributed by atoms with van der Waals surface area (Å²) in [6.45, 7) is 5.39. The molecule has 0 bridgehead atoms. The number of aromatic nitrogens is 1. The fourth-order valence-electron chi connectivity index (χ4n) is 4.83. The molecule has 1 N–H and O–H groups in total. The molecular formula is C24H29N3O4. The number of carbonyl (C=O) groups excluding carboxylic acids is 1. The molecule has 1 saturated heterocycles. The molecule has 0 saturated carbocycles. The number of nitrogens with zero attached hydrogens (tertiary/aromatic N) is 3. The van der Waals surface area contributed by atoms with Gasteiger partial charge in [-0.15, -0.1) is 0 Å². The zero-order valence-electron chi connectivity index (χ0n) is 17.9. The fourth-order valence-corrected chi connectivity index (χ4v) is 4.83. The van der Waals surface area contributed by atoms with Gasteiger partial charge in [0.1, 0.15) is 5.56 Å². The quantitative estimate of drug-likeness (QED) is 0.798. The lowest BCUT2D eigenvalue weighted by molar-refractivity contribution is -0.129. The van der Waals surface area contributed by atoms with E-state index >= 15 is 0 Å². The summed E-state index contributed by atoms with van der Waals surface area (Å²) in [5.74, 6) is -0.655. The van der Waals surface area contributed by atoms with Crippen molar-refractivity contribution in [1.82, 2.24) is 14.4 Å². The SMILES string of the molecule is CC(=O)N1CCc2c(cn(CCN3CCC(c4ccccc4)CC3)c(=O)c2C(=O)O)C1. The second-order valence-electron chi connectivity index (χ2n) is 8.53. The van der Waals surface area contributed by atoms with Gasteiger partial charge in [0.05, 0.1) is 0 Å². The van der Waals surface area contributed by atoms with E-state index in [0.29, 0.717) is 44.1 Å². The van der Waals surface area contributed by atoms with Crippen LogP contribution >= 0.6 is 0 Å². The Morgan fingerprint density at radius 1 is 1.06 bits per heavy atom. The van der Waals surface area contributed by atoms with E-state index in [1.165, 1.54) is 17.1 Å². The van der Waals surface area contributed by atoms with Crippen molar-refractivity contribution in [3.8, 4) is 0 Å². The largest absolute Gasteiger partial charge is 0.477 e. The van der Waals surface area contributed by atoms with Gasteiger partial charge in [-0.1, -0.05) is 30.3 Å². The van der Waals surface area contributed by atoms with Gasteiger partial charge in [0, 0.05) is 39.3 Å². The van der Waals surface area contributed by atoms with Crippen molar-refractivity contribution in [1.29, 1.82) is 0 Å². The van der Waals surface area contributed by atoms with E-state index in [1.807, 2.05) is 6.07 Å². The monoisotopic (exact) mass is 423 g/mol. The minimum atomic E-state index is -1.18. The van der Waals surface area contributed by atoms with Gasteiger partial charge < -0.3 is 19.5 Å². The number of carboxylic acids is 1. The summed E-state index contributed by atoms with van der Waals surface area (Å²) in [5, 5.41) is 9.67. The third-order valence-electron chi connectivity index (χ3n) is 6.64. The number of likely N-dealkylation sites (tertiary alicyclic amines) is 1. The van der Waals surface area contributed by atoms with Crippen LogP contribution in [0.5, 0.6) is 0 Å². The van der Waals surface area contributed by atoms with Crippen LogP contribution in [-0.2, 0) is 24.3 Å². The molecule has 7 nitrogen and oxygen atoms in total. The summed E-state index contributed by atoms with van der Waals surface area (Å²) >= 11 is 0. The predicted molar refractivity (Wildman–Crippen MR) is 117 cm³/mol. The Morgan fingerprint density at radius 2 is 1.77 bits per heavy atom. The van der Waals surface area contributed by atoms with Gasteiger partial charge in [-0.2, -0.15) is 0 Å². The Morgan fingerprint density at radius 3 is 2.42 bits per heavy atom. The number of piperidine rings is 1. The van der Waals surface area contributed by atoms with Crippen molar-refractivity contribution in [2.24, 2.45) is 0 Å². The van der Waals surface area contributed by atoms with Crippen molar-refractivity contribution < 1.29 is 14.7 Å². The summed E-state index contributed by atoms with van der Waals surface area (Å²) in [6, 6.07) is 10.6. The van der Waals surface area contributed by atoms with Crippen LogP contribution in [0.4, 0.5) is 0 Å². The fraction of sp³-hybridized carbons (Fsp3) is 0.458. The van der Waals surface area contributed by atoms with Gasteiger partial charge >= 0.3 is 5.97 Å². The van der Waals surface area contributed by atoms with Crippen molar-refractivity contribution in [3.05, 3.63) is 69.1 Å². The highest BCUT2D eigenvalue weighted by Crippen LogP contribution is 2.27. The molecule has 2 aliphatic heterocycles. The third kappa shape index (κ3) is 4.56. The Labute approximate surface area is 181 Å². The van der Waals surface area contributed by atoms with E-state index in [1.54, 1.807) is 11.1 Å².